The summed E-state index contributed by atoms with van der Waals surface area (Å²) >= 11 is 1.33. The van der Waals surface area contributed by atoms with E-state index in [1.165, 1.54) is 11.3 Å². The molecule has 0 radical (unpaired) electrons. The summed E-state index contributed by atoms with van der Waals surface area (Å²) in [6.45, 7) is 4.94. The van der Waals surface area contributed by atoms with Gasteiger partial charge in [0.1, 0.15) is 27.8 Å². The molecule has 4 rings (SSSR count). The van der Waals surface area contributed by atoms with Crippen molar-refractivity contribution in [1.29, 1.82) is 0 Å². The lowest BCUT2D eigenvalue weighted by Gasteiger charge is -2.36. The molecule has 2 aliphatic heterocycles. The summed E-state index contributed by atoms with van der Waals surface area (Å²) in [6.07, 6.45) is 0.801. The van der Waals surface area contributed by atoms with Gasteiger partial charge in [0.25, 0.3) is 11.8 Å². The van der Waals surface area contributed by atoms with Gasteiger partial charge in [-0.25, -0.2) is 9.78 Å². The van der Waals surface area contributed by atoms with Crippen LogP contribution in [0.3, 0.4) is 0 Å². The predicted octanol–water partition coefficient (Wildman–Crippen LogP) is 2.15. The van der Waals surface area contributed by atoms with Crippen molar-refractivity contribution < 1.29 is 19.1 Å². The van der Waals surface area contributed by atoms with Crippen LogP contribution in [0.1, 0.15) is 38.8 Å². The fourth-order valence-electron chi connectivity index (χ4n) is 3.61. The number of carbonyl (C=O) groups is 3. The number of likely N-dealkylation sites (tertiary alicyclic amines) is 1. The molecule has 4 amide bonds. The molecule has 2 fully saturated rings. The number of urea groups is 1. The van der Waals surface area contributed by atoms with Gasteiger partial charge >= 0.3 is 6.03 Å². The number of nitrogens with one attached hydrogen (secondary N) is 2. The van der Waals surface area contributed by atoms with Gasteiger partial charge in [0.05, 0.1) is 5.69 Å². The third kappa shape index (κ3) is 3.82. The number of ether oxygens (including phenoxy) is 1. The smallest absolute Gasteiger partial charge is 0.322 e. The number of thiazole rings is 1. The summed E-state index contributed by atoms with van der Waals surface area (Å²) in [5.74, 6) is 0.356. The zero-order valence-corrected chi connectivity index (χ0v) is 17.1. The maximum Gasteiger partial charge on any atom is 0.322 e. The van der Waals surface area contributed by atoms with Crippen LogP contribution in [0.15, 0.2) is 24.3 Å². The minimum Gasteiger partial charge on any atom is -0.486 e. The highest BCUT2D eigenvalue weighted by atomic mass is 32.1. The van der Waals surface area contributed by atoms with E-state index >= 15 is 0 Å². The summed E-state index contributed by atoms with van der Waals surface area (Å²) in [4.78, 5) is 43.2. The number of aryl methyl sites for hydroxylation is 2. The Bertz CT molecular complexity index is 961. The maximum absolute atomic E-state index is 13.0. The highest BCUT2D eigenvalue weighted by Crippen LogP contribution is 2.28. The van der Waals surface area contributed by atoms with E-state index in [0.717, 1.165) is 16.3 Å². The average Bonchev–Trinajstić information content (AvgIpc) is 3.20. The molecule has 2 aliphatic rings. The SMILES string of the molecule is Cc1ccc(OCc2nc(C)c(C(=O)N3CCC4(CC3)NC(=O)NC4=O)s2)cc1. The Balaban J connectivity index is 1.39. The molecular formula is C20H22N4O4S. The molecule has 1 spiro atoms. The van der Waals surface area contributed by atoms with Crippen molar-refractivity contribution in [3.05, 3.63) is 45.4 Å². The molecule has 3 heterocycles. The van der Waals surface area contributed by atoms with E-state index in [1.807, 2.05) is 38.1 Å². The number of piperidine rings is 1. The first kappa shape index (κ1) is 19.4. The average molecular weight is 414 g/mol. The highest BCUT2D eigenvalue weighted by Gasteiger charge is 2.48. The second-order valence-corrected chi connectivity index (χ2v) is 8.49. The van der Waals surface area contributed by atoms with Crippen molar-refractivity contribution in [1.82, 2.24) is 20.5 Å². The zero-order valence-electron chi connectivity index (χ0n) is 16.3. The Morgan fingerprint density at radius 3 is 2.52 bits per heavy atom. The molecule has 0 aliphatic carbocycles. The molecule has 0 bridgehead atoms. The minimum atomic E-state index is -0.885. The summed E-state index contributed by atoms with van der Waals surface area (Å²) in [5, 5.41) is 5.73. The van der Waals surface area contributed by atoms with Crippen LogP contribution in [0.2, 0.25) is 0 Å². The molecular weight excluding hydrogens is 392 g/mol. The van der Waals surface area contributed by atoms with Gasteiger partial charge in [-0.2, -0.15) is 0 Å². The number of amides is 4. The standard InChI is InChI=1S/C20H22N4O4S/c1-12-3-5-14(6-4-12)28-11-15-21-13(2)16(29-15)17(25)24-9-7-20(8-10-24)18(26)22-19(27)23-20/h3-6H,7-11H2,1-2H3,(H2,22,23,26,27). The molecule has 2 N–H and O–H groups in total. The summed E-state index contributed by atoms with van der Waals surface area (Å²) in [7, 11) is 0. The van der Waals surface area contributed by atoms with Gasteiger partial charge in [0.15, 0.2) is 0 Å². The van der Waals surface area contributed by atoms with Gasteiger partial charge in [-0.05, 0) is 38.8 Å². The number of rotatable bonds is 4. The minimum absolute atomic E-state index is 0.0961. The van der Waals surface area contributed by atoms with Crippen LogP contribution in [0.25, 0.3) is 0 Å². The molecule has 8 nitrogen and oxygen atoms in total. The van der Waals surface area contributed by atoms with E-state index in [-0.39, 0.29) is 11.8 Å². The first-order valence-electron chi connectivity index (χ1n) is 9.45. The van der Waals surface area contributed by atoms with Gasteiger partial charge in [0, 0.05) is 13.1 Å². The monoisotopic (exact) mass is 414 g/mol. The molecule has 0 unspecified atom stereocenters. The lowest BCUT2D eigenvalue weighted by Crippen LogP contribution is -2.55. The number of aromatic nitrogens is 1. The fraction of sp³-hybridized carbons (Fsp3) is 0.400. The van der Waals surface area contributed by atoms with Gasteiger partial charge < -0.3 is 15.0 Å². The molecule has 0 atom stereocenters. The van der Waals surface area contributed by atoms with Crippen LogP contribution < -0.4 is 15.4 Å². The number of benzene rings is 1. The van der Waals surface area contributed by atoms with Crippen molar-refractivity contribution in [3.8, 4) is 5.75 Å². The molecule has 1 aromatic carbocycles. The normalized spacial score (nSPS) is 17.9. The first-order chi connectivity index (χ1) is 13.9. The molecule has 152 valence electrons. The molecule has 29 heavy (non-hydrogen) atoms. The van der Waals surface area contributed by atoms with Crippen molar-refractivity contribution in [2.45, 2.75) is 38.8 Å². The third-order valence-electron chi connectivity index (χ3n) is 5.34. The van der Waals surface area contributed by atoms with E-state index in [1.54, 1.807) is 4.90 Å². The Kier molecular flexibility index (Phi) is 4.99. The largest absolute Gasteiger partial charge is 0.486 e. The molecule has 2 saturated heterocycles. The maximum atomic E-state index is 13.0. The van der Waals surface area contributed by atoms with Crippen molar-refractivity contribution in [3.63, 3.8) is 0 Å². The molecule has 0 saturated carbocycles. The third-order valence-corrected chi connectivity index (χ3v) is 6.46. The molecule has 9 heteroatoms. The molecule has 2 aromatic rings. The lowest BCUT2D eigenvalue weighted by molar-refractivity contribution is -0.125. The Labute approximate surface area is 172 Å². The lowest BCUT2D eigenvalue weighted by atomic mass is 9.87. The number of imide groups is 1. The second kappa shape index (κ2) is 7.47. The fourth-order valence-corrected chi connectivity index (χ4v) is 4.55. The van der Waals surface area contributed by atoms with E-state index in [4.69, 9.17) is 4.74 Å². The Morgan fingerprint density at radius 1 is 1.21 bits per heavy atom. The van der Waals surface area contributed by atoms with Gasteiger partial charge in [-0.15, -0.1) is 11.3 Å². The van der Waals surface area contributed by atoms with Crippen LogP contribution in [-0.4, -0.2) is 46.4 Å². The number of carbonyl (C=O) groups excluding carboxylic acids is 3. The predicted molar refractivity (Wildman–Crippen MR) is 107 cm³/mol. The van der Waals surface area contributed by atoms with Gasteiger partial charge in [0.2, 0.25) is 0 Å². The van der Waals surface area contributed by atoms with Crippen LogP contribution in [0, 0.1) is 13.8 Å². The van der Waals surface area contributed by atoms with Crippen LogP contribution in [-0.2, 0) is 11.4 Å². The van der Waals surface area contributed by atoms with Crippen LogP contribution in [0.5, 0.6) is 5.75 Å². The first-order valence-corrected chi connectivity index (χ1v) is 10.3. The van der Waals surface area contributed by atoms with E-state index in [2.05, 4.69) is 15.6 Å². The summed E-state index contributed by atoms with van der Waals surface area (Å²) in [5.41, 5.74) is 0.951. The Hall–Kier alpha value is -2.94. The van der Waals surface area contributed by atoms with Crippen molar-refractivity contribution in [2.75, 3.05) is 13.1 Å². The van der Waals surface area contributed by atoms with Gasteiger partial charge in [-0.1, -0.05) is 17.7 Å². The van der Waals surface area contributed by atoms with Crippen LogP contribution >= 0.6 is 11.3 Å². The summed E-state index contributed by atoms with van der Waals surface area (Å²) in [6, 6.07) is 7.31. The summed E-state index contributed by atoms with van der Waals surface area (Å²) < 4.78 is 5.76. The van der Waals surface area contributed by atoms with E-state index < -0.39 is 11.6 Å². The van der Waals surface area contributed by atoms with Crippen molar-refractivity contribution in [2.24, 2.45) is 0 Å². The zero-order chi connectivity index (χ0) is 20.6. The van der Waals surface area contributed by atoms with E-state index in [0.29, 0.717) is 43.1 Å². The number of hydrogen-bond donors (Lipinski definition) is 2. The number of nitrogens with zero attached hydrogens (tertiary/aromatic N) is 2. The topological polar surface area (TPSA) is 101 Å². The number of hydrogen-bond acceptors (Lipinski definition) is 6. The van der Waals surface area contributed by atoms with Crippen LogP contribution in [0.4, 0.5) is 4.79 Å². The quantitative estimate of drug-likeness (QED) is 0.747. The molecule has 1 aromatic heterocycles. The second-order valence-electron chi connectivity index (χ2n) is 7.41. The van der Waals surface area contributed by atoms with Gasteiger partial charge in [-0.3, -0.25) is 14.9 Å². The Morgan fingerprint density at radius 2 is 1.90 bits per heavy atom. The van der Waals surface area contributed by atoms with Crippen molar-refractivity contribution >= 4 is 29.2 Å². The van der Waals surface area contributed by atoms with E-state index in [9.17, 15) is 14.4 Å². The highest BCUT2D eigenvalue weighted by molar-refractivity contribution is 7.13.